The van der Waals surface area contributed by atoms with Gasteiger partial charge in [0.1, 0.15) is 11.4 Å². The van der Waals surface area contributed by atoms with Crippen LogP contribution < -0.4 is 4.74 Å². The minimum atomic E-state index is -1.23. The van der Waals surface area contributed by atoms with Crippen LogP contribution in [0.1, 0.15) is 35.6 Å². The molecular formula is C22H17Cl2NO2. The summed E-state index contributed by atoms with van der Waals surface area (Å²) in [6.07, 6.45) is 2.90. The van der Waals surface area contributed by atoms with Crippen LogP contribution in [0.4, 0.5) is 0 Å². The molecule has 2 aromatic carbocycles. The van der Waals surface area contributed by atoms with Gasteiger partial charge in [0.25, 0.3) is 0 Å². The third-order valence-corrected chi connectivity index (χ3v) is 6.32. The normalized spacial score (nSPS) is 28.5. The van der Waals surface area contributed by atoms with Gasteiger partial charge in [0, 0.05) is 23.2 Å². The number of nitrogens with zero attached hydrogens (tertiary/aromatic N) is 1. The Kier molecular flexibility index (Phi) is 3.77. The first kappa shape index (κ1) is 17.1. The molecule has 3 aromatic rings. The first-order valence-corrected chi connectivity index (χ1v) is 9.68. The van der Waals surface area contributed by atoms with Gasteiger partial charge in [-0.1, -0.05) is 65.7 Å². The minimum Gasteiger partial charge on any atom is -0.476 e. The molecule has 5 rings (SSSR count). The monoisotopic (exact) mass is 397 g/mol. The van der Waals surface area contributed by atoms with Crippen molar-refractivity contribution in [2.75, 3.05) is 0 Å². The fourth-order valence-electron chi connectivity index (χ4n) is 4.75. The van der Waals surface area contributed by atoms with E-state index in [4.69, 9.17) is 27.9 Å². The van der Waals surface area contributed by atoms with E-state index in [1.54, 1.807) is 12.3 Å². The van der Waals surface area contributed by atoms with Crippen molar-refractivity contribution in [2.45, 2.75) is 30.0 Å². The van der Waals surface area contributed by atoms with Crippen molar-refractivity contribution in [3.63, 3.8) is 0 Å². The van der Waals surface area contributed by atoms with Gasteiger partial charge < -0.3 is 9.84 Å². The Morgan fingerprint density at radius 3 is 2.48 bits per heavy atom. The number of hydrogen-bond acceptors (Lipinski definition) is 3. The molecule has 1 saturated carbocycles. The number of benzene rings is 2. The average molecular weight is 398 g/mol. The number of hydrogen-bond donors (Lipinski definition) is 1. The minimum absolute atomic E-state index is 0.0298. The molecule has 3 nitrogen and oxygen atoms in total. The first-order valence-electron chi connectivity index (χ1n) is 8.93. The third kappa shape index (κ3) is 2.29. The van der Waals surface area contributed by atoms with Crippen molar-refractivity contribution in [1.29, 1.82) is 0 Å². The Labute approximate surface area is 167 Å². The van der Waals surface area contributed by atoms with E-state index in [1.807, 2.05) is 42.5 Å². The number of pyridine rings is 1. The van der Waals surface area contributed by atoms with Gasteiger partial charge in [0.05, 0.1) is 5.02 Å². The molecule has 5 heteroatoms. The van der Waals surface area contributed by atoms with Gasteiger partial charge in [-0.2, -0.15) is 0 Å². The summed E-state index contributed by atoms with van der Waals surface area (Å²) in [6.45, 7) is 0. The van der Waals surface area contributed by atoms with E-state index in [-0.39, 0.29) is 5.92 Å². The SMILES string of the molecule is OC12CCC(c3ccccc3)C1(c1ccc(Cl)cc1)Oc1cc(Cl)cnc12. The second-order valence-electron chi connectivity index (χ2n) is 7.21. The summed E-state index contributed by atoms with van der Waals surface area (Å²) in [6, 6.07) is 19.5. The van der Waals surface area contributed by atoms with E-state index < -0.39 is 11.2 Å². The highest BCUT2D eigenvalue weighted by Gasteiger charge is 2.69. The van der Waals surface area contributed by atoms with Crippen LogP contribution in [0.3, 0.4) is 0 Å². The van der Waals surface area contributed by atoms with Crippen LogP contribution in [0.15, 0.2) is 66.9 Å². The van der Waals surface area contributed by atoms with Gasteiger partial charge in [-0.15, -0.1) is 0 Å². The van der Waals surface area contributed by atoms with Crippen molar-refractivity contribution in [3.8, 4) is 5.75 Å². The quantitative estimate of drug-likeness (QED) is 0.625. The number of aliphatic hydroxyl groups is 1. The lowest BCUT2D eigenvalue weighted by molar-refractivity contribution is -0.107. The van der Waals surface area contributed by atoms with Gasteiger partial charge in [-0.3, -0.25) is 4.98 Å². The van der Waals surface area contributed by atoms with E-state index in [0.717, 1.165) is 17.5 Å². The van der Waals surface area contributed by atoms with Gasteiger partial charge in [0.15, 0.2) is 11.2 Å². The van der Waals surface area contributed by atoms with Gasteiger partial charge in [-0.25, -0.2) is 0 Å². The van der Waals surface area contributed by atoms with Crippen LogP contribution in [0.5, 0.6) is 5.75 Å². The fraction of sp³-hybridized carbons (Fsp3) is 0.227. The summed E-state index contributed by atoms with van der Waals surface area (Å²) < 4.78 is 6.56. The Bertz CT molecular complexity index is 1010. The summed E-state index contributed by atoms with van der Waals surface area (Å²) in [7, 11) is 0. The largest absolute Gasteiger partial charge is 0.476 e. The predicted molar refractivity (Wildman–Crippen MR) is 105 cm³/mol. The molecule has 0 saturated heterocycles. The maximum Gasteiger partial charge on any atom is 0.175 e. The van der Waals surface area contributed by atoms with Gasteiger partial charge in [0.2, 0.25) is 0 Å². The maximum absolute atomic E-state index is 11.9. The zero-order valence-electron chi connectivity index (χ0n) is 14.4. The number of rotatable bonds is 2. The molecule has 2 heterocycles. The summed E-state index contributed by atoms with van der Waals surface area (Å²) >= 11 is 12.3. The highest BCUT2D eigenvalue weighted by molar-refractivity contribution is 6.30. The van der Waals surface area contributed by atoms with Crippen LogP contribution in [0, 0.1) is 0 Å². The van der Waals surface area contributed by atoms with E-state index in [0.29, 0.717) is 27.9 Å². The first-order chi connectivity index (χ1) is 13.0. The van der Waals surface area contributed by atoms with E-state index in [9.17, 15) is 5.11 Å². The Morgan fingerprint density at radius 1 is 1.00 bits per heavy atom. The highest BCUT2D eigenvalue weighted by Crippen LogP contribution is 2.66. The Balaban J connectivity index is 1.77. The lowest BCUT2D eigenvalue weighted by Crippen LogP contribution is -2.48. The predicted octanol–water partition coefficient (Wildman–Crippen LogP) is 5.44. The molecule has 1 fully saturated rings. The van der Waals surface area contributed by atoms with Crippen molar-refractivity contribution in [2.24, 2.45) is 0 Å². The van der Waals surface area contributed by atoms with Crippen LogP contribution in [-0.4, -0.2) is 10.1 Å². The zero-order valence-corrected chi connectivity index (χ0v) is 15.9. The third-order valence-electron chi connectivity index (χ3n) is 5.86. The van der Waals surface area contributed by atoms with Crippen LogP contribution in [0.2, 0.25) is 10.0 Å². The second kappa shape index (κ2) is 5.96. The average Bonchev–Trinajstić information content (AvgIpc) is 3.10. The zero-order chi connectivity index (χ0) is 18.6. The number of fused-ring (bicyclic) bond motifs is 3. The molecule has 0 spiro atoms. The number of halogens is 2. The van der Waals surface area contributed by atoms with E-state index in [1.165, 1.54) is 0 Å². The molecule has 3 atom stereocenters. The standard InChI is InChI=1S/C22H17Cl2NO2/c23-16-8-6-15(7-9-16)22-18(14-4-2-1-3-5-14)10-11-21(22,26)20-19(27-22)12-17(24)13-25-20/h1-9,12-13,18,26H,10-11H2. The van der Waals surface area contributed by atoms with E-state index >= 15 is 0 Å². The van der Waals surface area contributed by atoms with Crippen LogP contribution in [0.25, 0.3) is 0 Å². The second-order valence-corrected chi connectivity index (χ2v) is 8.08. The lowest BCUT2D eigenvalue weighted by Gasteiger charge is -2.39. The molecule has 27 heavy (non-hydrogen) atoms. The molecule has 3 unspecified atom stereocenters. The summed E-state index contributed by atoms with van der Waals surface area (Å²) in [4.78, 5) is 4.46. The lowest BCUT2D eigenvalue weighted by atomic mass is 9.73. The van der Waals surface area contributed by atoms with E-state index in [2.05, 4.69) is 17.1 Å². The van der Waals surface area contributed by atoms with Gasteiger partial charge in [-0.05, 0) is 36.1 Å². The molecule has 0 radical (unpaired) electrons. The summed E-state index contributed by atoms with van der Waals surface area (Å²) in [5.74, 6) is 0.512. The molecule has 2 aliphatic rings. The smallest absolute Gasteiger partial charge is 0.175 e. The maximum atomic E-state index is 11.9. The summed E-state index contributed by atoms with van der Waals surface area (Å²) in [5, 5.41) is 13.0. The Hall–Kier alpha value is -2.07. The molecule has 0 bridgehead atoms. The molecule has 0 amide bonds. The molecule has 1 aromatic heterocycles. The Morgan fingerprint density at radius 2 is 1.74 bits per heavy atom. The molecule has 1 N–H and O–H groups in total. The molecular weight excluding hydrogens is 381 g/mol. The number of ether oxygens (including phenoxy) is 1. The topological polar surface area (TPSA) is 42.4 Å². The number of aromatic nitrogens is 1. The van der Waals surface area contributed by atoms with Gasteiger partial charge >= 0.3 is 0 Å². The molecule has 1 aliphatic heterocycles. The summed E-state index contributed by atoms with van der Waals surface area (Å²) in [5.41, 5.74) is 0.359. The van der Waals surface area contributed by atoms with Crippen molar-refractivity contribution < 1.29 is 9.84 Å². The molecule has 1 aliphatic carbocycles. The van der Waals surface area contributed by atoms with Crippen molar-refractivity contribution in [1.82, 2.24) is 4.98 Å². The molecule has 136 valence electrons. The fourth-order valence-corrected chi connectivity index (χ4v) is 5.02. The highest BCUT2D eigenvalue weighted by atomic mass is 35.5. The van der Waals surface area contributed by atoms with Crippen molar-refractivity contribution >= 4 is 23.2 Å². The van der Waals surface area contributed by atoms with Crippen LogP contribution in [-0.2, 0) is 11.2 Å². The van der Waals surface area contributed by atoms with Crippen LogP contribution >= 0.6 is 23.2 Å². The van der Waals surface area contributed by atoms with Crippen molar-refractivity contribution in [3.05, 3.63) is 93.7 Å².